The largest absolute Gasteiger partial charge is 0.490 e. The van der Waals surface area contributed by atoms with Gasteiger partial charge in [-0.3, -0.25) is 19.3 Å². The fourth-order valence-electron chi connectivity index (χ4n) is 3.99. The van der Waals surface area contributed by atoms with E-state index in [1.807, 2.05) is 12.1 Å². The minimum absolute atomic E-state index is 0.0760. The number of amides is 2. The Labute approximate surface area is 173 Å². The molecule has 0 N–H and O–H groups in total. The first-order valence-corrected chi connectivity index (χ1v) is 12.0. The second-order valence-corrected chi connectivity index (χ2v) is 9.90. The summed E-state index contributed by atoms with van der Waals surface area (Å²) in [5.74, 6) is 0.217. The minimum Gasteiger partial charge on any atom is -0.490 e. The van der Waals surface area contributed by atoms with Crippen molar-refractivity contribution in [1.82, 2.24) is 9.80 Å². The lowest BCUT2D eigenvalue weighted by molar-refractivity contribution is -0.138. The molecule has 2 aromatic rings. The smallest absolute Gasteiger partial charge is 0.304 e. The standard InChI is InChI=1S/C21H28N2O5S/c1-13(2)22-7-5-15(6-8-22)27-16-3-4-17-14(11-16)12-18(28-17)19(24)23-9-10-29-21(26)20(23)25/h3-4,11-13,15H,5-10H2,1-2H3,29H4. The number of hydrogen-bond acceptors (Lipinski definition) is 6. The van der Waals surface area contributed by atoms with Crippen LogP contribution in [0.2, 0.25) is 0 Å². The normalized spacial score (nSPS) is 19.6. The Morgan fingerprint density at radius 3 is 2.66 bits per heavy atom. The van der Waals surface area contributed by atoms with Crippen molar-refractivity contribution in [3.8, 4) is 5.75 Å². The van der Waals surface area contributed by atoms with E-state index in [1.54, 1.807) is 12.1 Å². The lowest BCUT2D eigenvalue weighted by atomic mass is 10.1. The van der Waals surface area contributed by atoms with Crippen LogP contribution in [0.5, 0.6) is 5.75 Å². The molecule has 2 amide bonds. The fraction of sp³-hybridized carbons (Fsp3) is 0.476. The molecular formula is C21H28N2O5S. The van der Waals surface area contributed by atoms with E-state index in [9.17, 15) is 14.4 Å². The van der Waals surface area contributed by atoms with Crippen molar-refractivity contribution in [3.63, 3.8) is 0 Å². The van der Waals surface area contributed by atoms with Gasteiger partial charge in [0.1, 0.15) is 17.4 Å². The number of piperidine rings is 1. The lowest BCUT2D eigenvalue weighted by Gasteiger charge is -2.34. The summed E-state index contributed by atoms with van der Waals surface area (Å²) >= 11 is -1.04. The number of hydrogen-bond donors (Lipinski definition) is 0. The summed E-state index contributed by atoms with van der Waals surface area (Å²) in [6.45, 7) is 6.78. The average Bonchev–Trinajstić information content (AvgIpc) is 3.13. The highest BCUT2D eigenvalue weighted by molar-refractivity contribution is 8.15. The Bertz CT molecular complexity index is 946. The second-order valence-electron chi connectivity index (χ2n) is 8.05. The third kappa shape index (κ3) is 4.18. The highest BCUT2D eigenvalue weighted by atomic mass is 32.2. The van der Waals surface area contributed by atoms with E-state index in [0.29, 0.717) is 23.9 Å². The van der Waals surface area contributed by atoms with Crippen LogP contribution in [-0.4, -0.2) is 64.3 Å². The van der Waals surface area contributed by atoms with Crippen LogP contribution in [-0.2, 0) is 9.59 Å². The summed E-state index contributed by atoms with van der Waals surface area (Å²) in [6.07, 6.45) is 2.15. The first-order valence-electron chi connectivity index (χ1n) is 10.3. The maximum Gasteiger partial charge on any atom is 0.304 e. The number of fused-ring (bicyclic) bond motifs is 1. The predicted molar refractivity (Wildman–Crippen MR) is 116 cm³/mol. The molecule has 0 radical (unpaired) electrons. The van der Waals surface area contributed by atoms with E-state index in [1.165, 1.54) is 0 Å². The zero-order valence-electron chi connectivity index (χ0n) is 16.8. The van der Waals surface area contributed by atoms with E-state index < -0.39 is 23.6 Å². The quantitative estimate of drug-likeness (QED) is 0.555. The number of carbonyl (C=O) groups excluding carboxylic acids is 3. The Kier molecular flexibility index (Phi) is 5.65. The van der Waals surface area contributed by atoms with Crippen molar-refractivity contribution in [1.29, 1.82) is 0 Å². The van der Waals surface area contributed by atoms with Crippen LogP contribution >= 0.6 is 11.8 Å². The average molecular weight is 421 g/mol. The van der Waals surface area contributed by atoms with Crippen LogP contribution in [0.4, 0.5) is 0 Å². The molecule has 0 saturated carbocycles. The topological polar surface area (TPSA) is 80.1 Å². The Morgan fingerprint density at radius 1 is 1.17 bits per heavy atom. The van der Waals surface area contributed by atoms with Gasteiger partial charge in [0.25, 0.3) is 5.91 Å². The SMILES string of the molecule is CC(C)N1CCC(Oc2ccc3oc(C(=O)N4CC[SH4]C(=O)C4=O)cc3c2)CC1. The molecule has 29 heavy (non-hydrogen) atoms. The highest BCUT2D eigenvalue weighted by Crippen LogP contribution is 2.28. The monoisotopic (exact) mass is 420 g/mol. The molecule has 0 bridgehead atoms. The third-order valence-corrected chi connectivity index (χ3v) is 7.15. The Hall–Kier alpha value is -2.32. The predicted octanol–water partition coefficient (Wildman–Crippen LogP) is 1.86. The number of nitrogens with zero attached hydrogens (tertiary/aromatic N) is 2. The summed E-state index contributed by atoms with van der Waals surface area (Å²) in [6, 6.07) is 7.66. The van der Waals surface area contributed by atoms with Crippen molar-refractivity contribution in [2.75, 3.05) is 25.4 Å². The number of ether oxygens (including phenoxy) is 1. The van der Waals surface area contributed by atoms with E-state index in [0.717, 1.165) is 42.0 Å². The number of benzene rings is 1. The van der Waals surface area contributed by atoms with Crippen molar-refractivity contribution in [2.45, 2.75) is 38.8 Å². The van der Waals surface area contributed by atoms with Crippen LogP contribution < -0.4 is 4.74 Å². The van der Waals surface area contributed by atoms with Gasteiger partial charge in [-0.1, -0.05) is 0 Å². The molecule has 2 aliphatic heterocycles. The molecule has 1 aromatic carbocycles. The van der Waals surface area contributed by atoms with Gasteiger partial charge in [0.2, 0.25) is 5.12 Å². The number of carbonyl (C=O) groups is 3. The minimum atomic E-state index is -1.04. The molecule has 0 spiro atoms. The summed E-state index contributed by atoms with van der Waals surface area (Å²) in [5.41, 5.74) is 0.556. The zero-order chi connectivity index (χ0) is 20.5. The van der Waals surface area contributed by atoms with Crippen LogP contribution in [0.25, 0.3) is 11.0 Å². The first kappa shape index (κ1) is 20.0. The van der Waals surface area contributed by atoms with Crippen molar-refractivity contribution in [3.05, 3.63) is 30.0 Å². The molecule has 0 atom stereocenters. The molecule has 2 fully saturated rings. The van der Waals surface area contributed by atoms with E-state index in [2.05, 4.69) is 18.7 Å². The third-order valence-electron chi connectivity index (χ3n) is 5.72. The van der Waals surface area contributed by atoms with Gasteiger partial charge in [-0.2, -0.15) is 0 Å². The highest BCUT2D eigenvalue weighted by Gasteiger charge is 2.32. The molecule has 158 valence electrons. The molecule has 0 unspecified atom stereocenters. The van der Waals surface area contributed by atoms with Gasteiger partial charge < -0.3 is 14.1 Å². The molecule has 3 heterocycles. The molecule has 4 rings (SSSR count). The maximum atomic E-state index is 12.7. The van der Waals surface area contributed by atoms with Gasteiger partial charge in [-0.25, -0.2) is 11.8 Å². The van der Waals surface area contributed by atoms with Gasteiger partial charge in [0.05, 0.1) is 0 Å². The first-order chi connectivity index (χ1) is 13.9. The van der Waals surface area contributed by atoms with Gasteiger partial charge in [-0.15, -0.1) is 0 Å². The number of furan rings is 1. The number of imide groups is 1. The molecule has 1 aromatic heterocycles. The van der Waals surface area contributed by atoms with Gasteiger partial charge in [-0.05, 0) is 56.7 Å². The lowest BCUT2D eigenvalue weighted by Crippen LogP contribution is -2.44. The van der Waals surface area contributed by atoms with Crippen molar-refractivity contribution in [2.24, 2.45) is 0 Å². The summed E-state index contributed by atoms with van der Waals surface area (Å²) in [4.78, 5) is 39.8. The Morgan fingerprint density at radius 2 is 1.93 bits per heavy atom. The summed E-state index contributed by atoms with van der Waals surface area (Å²) in [7, 11) is 0. The van der Waals surface area contributed by atoms with Crippen molar-refractivity contribution >= 4 is 39.7 Å². The van der Waals surface area contributed by atoms with E-state index in [-0.39, 0.29) is 17.0 Å². The van der Waals surface area contributed by atoms with Gasteiger partial charge >= 0.3 is 5.91 Å². The van der Waals surface area contributed by atoms with E-state index >= 15 is 0 Å². The zero-order valence-corrected chi connectivity index (χ0v) is 18.3. The summed E-state index contributed by atoms with van der Waals surface area (Å²) < 4.78 is 11.8. The maximum absolute atomic E-state index is 12.7. The molecule has 2 saturated heterocycles. The van der Waals surface area contributed by atoms with E-state index in [4.69, 9.17) is 9.15 Å². The Balaban J connectivity index is 1.46. The van der Waals surface area contributed by atoms with Gasteiger partial charge in [0.15, 0.2) is 5.76 Å². The van der Waals surface area contributed by atoms with Crippen LogP contribution in [0.1, 0.15) is 37.2 Å². The van der Waals surface area contributed by atoms with Crippen LogP contribution in [0.15, 0.2) is 28.7 Å². The number of likely N-dealkylation sites (tertiary alicyclic amines) is 1. The van der Waals surface area contributed by atoms with Crippen LogP contribution in [0.3, 0.4) is 0 Å². The second kappa shape index (κ2) is 8.20. The fourth-order valence-corrected chi connectivity index (χ4v) is 5.19. The number of rotatable bonds is 4. The van der Waals surface area contributed by atoms with Crippen LogP contribution in [0, 0.1) is 0 Å². The molecule has 8 heteroatoms. The molecule has 0 aliphatic carbocycles. The molecule has 2 aliphatic rings. The molecular weight excluding hydrogens is 392 g/mol. The van der Waals surface area contributed by atoms with Crippen molar-refractivity contribution < 1.29 is 23.5 Å². The molecule has 7 nitrogen and oxygen atoms in total. The van der Waals surface area contributed by atoms with Gasteiger partial charge in [0, 0.05) is 31.1 Å². The summed E-state index contributed by atoms with van der Waals surface area (Å²) in [5, 5.41) is 0.357.